The molecule has 1 aromatic rings. The van der Waals surface area contributed by atoms with E-state index in [0.29, 0.717) is 0 Å². The highest BCUT2D eigenvalue weighted by molar-refractivity contribution is 6.41. The average Bonchev–Trinajstić information content (AvgIpc) is 2.54. The minimum Gasteiger partial charge on any atom is -0.449 e. The van der Waals surface area contributed by atoms with Crippen LogP contribution in [0, 0.1) is 0 Å². The van der Waals surface area contributed by atoms with E-state index in [2.05, 4.69) is 15.6 Å². The minimum atomic E-state index is -0.743. The number of carbonyl (C=O) groups excluding carboxylic acids is 2. The smallest absolute Gasteiger partial charge is 0.426 e. The number of rotatable bonds is 2. The minimum absolute atomic E-state index is 0.212. The fraction of sp³-hybridized carbons (Fsp3) is 0.333. The molecule has 0 saturated heterocycles. The van der Waals surface area contributed by atoms with Gasteiger partial charge in [-0.3, -0.25) is 10.2 Å². The van der Waals surface area contributed by atoms with Gasteiger partial charge in [-0.1, -0.05) is 23.2 Å². The molecule has 1 heterocycles. The first-order chi connectivity index (χ1) is 7.97. The fourth-order valence-electron chi connectivity index (χ4n) is 1.10. The van der Waals surface area contributed by atoms with Gasteiger partial charge in [0.05, 0.1) is 11.6 Å². The van der Waals surface area contributed by atoms with Gasteiger partial charge in [0, 0.05) is 7.05 Å². The Hall–Kier alpha value is -1.40. The summed E-state index contributed by atoms with van der Waals surface area (Å²) in [5, 5.41) is 0.503. The maximum atomic E-state index is 11.6. The van der Waals surface area contributed by atoms with E-state index in [9.17, 15) is 9.59 Å². The first-order valence-corrected chi connectivity index (χ1v) is 5.46. The van der Waals surface area contributed by atoms with E-state index in [4.69, 9.17) is 23.2 Å². The van der Waals surface area contributed by atoms with Crippen molar-refractivity contribution in [2.24, 2.45) is 7.05 Å². The highest BCUT2D eigenvalue weighted by Gasteiger charge is 2.16. The molecule has 0 aliphatic heterocycles. The number of amides is 2. The van der Waals surface area contributed by atoms with Crippen LogP contribution < -0.4 is 10.9 Å². The summed E-state index contributed by atoms with van der Waals surface area (Å²) in [6.45, 7) is 1.86. The molecule has 2 N–H and O–H groups in total. The van der Waals surface area contributed by atoms with Crippen molar-refractivity contribution >= 4 is 35.2 Å². The third-order valence-corrected chi connectivity index (χ3v) is 2.74. The van der Waals surface area contributed by atoms with Gasteiger partial charge in [0.15, 0.2) is 0 Å². The van der Waals surface area contributed by atoms with Crippen molar-refractivity contribution in [3.8, 4) is 0 Å². The maximum absolute atomic E-state index is 11.6. The molecule has 6 nitrogen and oxygen atoms in total. The molecular formula is C9H11Cl2N3O3. The third kappa shape index (κ3) is 3.28. The van der Waals surface area contributed by atoms with Crippen LogP contribution in [0.5, 0.6) is 0 Å². The first kappa shape index (κ1) is 13.7. The number of nitrogens with one attached hydrogen (secondary N) is 2. The molecule has 94 valence electrons. The van der Waals surface area contributed by atoms with E-state index >= 15 is 0 Å². The largest absolute Gasteiger partial charge is 0.449 e. The highest BCUT2D eigenvalue weighted by Crippen LogP contribution is 2.24. The standard InChI is InChI=1S/C9H11Cl2N3O3/c1-3-17-9(16)13-12-8(15)6-4-5(10)7(11)14(6)2/h4H,3H2,1-2H3,(H,12,15)(H,13,16). The zero-order chi connectivity index (χ0) is 13.0. The predicted molar refractivity (Wildman–Crippen MR) is 63.1 cm³/mol. The lowest BCUT2D eigenvalue weighted by molar-refractivity contribution is 0.0904. The number of aromatic nitrogens is 1. The van der Waals surface area contributed by atoms with Crippen molar-refractivity contribution in [1.29, 1.82) is 0 Å². The second-order valence-electron chi connectivity index (χ2n) is 3.03. The van der Waals surface area contributed by atoms with Crippen molar-refractivity contribution in [2.45, 2.75) is 6.92 Å². The van der Waals surface area contributed by atoms with Crippen LogP contribution in [-0.2, 0) is 11.8 Å². The van der Waals surface area contributed by atoms with Gasteiger partial charge in [-0.05, 0) is 13.0 Å². The summed E-state index contributed by atoms with van der Waals surface area (Å²) in [4.78, 5) is 22.5. The second-order valence-corrected chi connectivity index (χ2v) is 3.79. The molecule has 8 heteroatoms. The Morgan fingerprint density at radius 1 is 1.41 bits per heavy atom. The van der Waals surface area contributed by atoms with Crippen LogP contribution in [0.3, 0.4) is 0 Å². The Balaban J connectivity index is 2.64. The molecule has 0 aliphatic rings. The van der Waals surface area contributed by atoms with Crippen LogP contribution in [0.15, 0.2) is 6.07 Å². The number of hydrogen-bond acceptors (Lipinski definition) is 3. The Kier molecular flexibility index (Phi) is 4.65. The number of hydrazine groups is 1. The summed E-state index contributed by atoms with van der Waals surface area (Å²) in [5.74, 6) is -0.547. The van der Waals surface area contributed by atoms with Crippen molar-refractivity contribution < 1.29 is 14.3 Å². The summed E-state index contributed by atoms with van der Waals surface area (Å²) in [6, 6.07) is 1.39. The van der Waals surface area contributed by atoms with Crippen molar-refractivity contribution in [2.75, 3.05) is 6.61 Å². The number of hydrogen-bond donors (Lipinski definition) is 2. The molecule has 0 unspecified atom stereocenters. The van der Waals surface area contributed by atoms with Gasteiger partial charge in [-0.15, -0.1) is 0 Å². The molecular weight excluding hydrogens is 269 g/mol. The molecule has 0 aromatic carbocycles. The molecule has 0 aliphatic carbocycles. The fourth-order valence-corrected chi connectivity index (χ4v) is 1.47. The summed E-state index contributed by atoms with van der Waals surface area (Å²) in [5.41, 5.74) is 4.46. The Morgan fingerprint density at radius 2 is 2.06 bits per heavy atom. The number of halogens is 2. The van der Waals surface area contributed by atoms with Gasteiger partial charge in [0.25, 0.3) is 5.91 Å². The molecule has 0 saturated carbocycles. The van der Waals surface area contributed by atoms with Gasteiger partial charge in [-0.2, -0.15) is 0 Å². The van der Waals surface area contributed by atoms with E-state index in [1.165, 1.54) is 10.6 Å². The average molecular weight is 280 g/mol. The summed E-state index contributed by atoms with van der Waals surface area (Å²) < 4.78 is 5.96. The first-order valence-electron chi connectivity index (χ1n) is 4.71. The van der Waals surface area contributed by atoms with Gasteiger partial charge in [0.1, 0.15) is 10.8 Å². The predicted octanol–water partition coefficient (Wildman–Crippen LogP) is 1.72. The van der Waals surface area contributed by atoms with Crippen LogP contribution in [0.2, 0.25) is 10.2 Å². The van der Waals surface area contributed by atoms with Crippen LogP contribution in [0.4, 0.5) is 4.79 Å². The topological polar surface area (TPSA) is 72.4 Å². The lowest BCUT2D eigenvalue weighted by Crippen LogP contribution is -2.42. The van der Waals surface area contributed by atoms with E-state index in [-0.39, 0.29) is 22.5 Å². The summed E-state index contributed by atoms with van der Waals surface area (Å²) >= 11 is 11.5. The molecule has 0 bridgehead atoms. The Labute approximate surface area is 108 Å². The highest BCUT2D eigenvalue weighted by atomic mass is 35.5. The molecule has 0 atom stereocenters. The lowest BCUT2D eigenvalue weighted by atomic mass is 10.4. The van der Waals surface area contributed by atoms with Crippen LogP contribution >= 0.6 is 23.2 Å². The number of carbonyl (C=O) groups is 2. The van der Waals surface area contributed by atoms with Gasteiger partial charge < -0.3 is 9.30 Å². The molecule has 0 spiro atoms. The van der Waals surface area contributed by atoms with Crippen LogP contribution in [0.25, 0.3) is 0 Å². The maximum Gasteiger partial charge on any atom is 0.426 e. The molecule has 1 rings (SSSR count). The molecule has 2 amide bonds. The van der Waals surface area contributed by atoms with Crippen molar-refractivity contribution in [3.05, 3.63) is 21.9 Å². The SMILES string of the molecule is CCOC(=O)NNC(=O)c1cc(Cl)c(Cl)n1C. The zero-order valence-corrected chi connectivity index (χ0v) is 10.7. The van der Waals surface area contributed by atoms with E-state index in [0.717, 1.165) is 0 Å². The number of ether oxygens (including phenoxy) is 1. The number of nitrogens with zero attached hydrogens (tertiary/aromatic N) is 1. The molecule has 17 heavy (non-hydrogen) atoms. The Morgan fingerprint density at radius 3 is 2.53 bits per heavy atom. The van der Waals surface area contributed by atoms with E-state index in [1.54, 1.807) is 14.0 Å². The van der Waals surface area contributed by atoms with E-state index in [1.807, 2.05) is 0 Å². The third-order valence-electron chi connectivity index (χ3n) is 1.90. The van der Waals surface area contributed by atoms with Crippen molar-refractivity contribution in [3.63, 3.8) is 0 Å². The quantitative estimate of drug-likeness (QED) is 0.810. The summed E-state index contributed by atoms with van der Waals surface area (Å²) in [6.07, 6.45) is -0.743. The molecule has 1 aromatic heterocycles. The normalized spacial score (nSPS) is 9.88. The van der Waals surface area contributed by atoms with Crippen LogP contribution in [0.1, 0.15) is 17.4 Å². The zero-order valence-electron chi connectivity index (χ0n) is 9.21. The van der Waals surface area contributed by atoms with Gasteiger partial charge in [0.2, 0.25) is 0 Å². The second kappa shape index (κ2) is 5.79. The van der Waals surface area contributed by atoms with E-state index < -0.39 is 12.0 Å². The van der Waals surface area contributed by atoms with Crippen LogP contribution in [-0.4, -0.2) is 23.2 Å². The van der Waals surface area contributed by atoms with Gasteiger partial charge >= 0.3 is 6.09 Å². The monoisotopic (exact) mass is 279 g/mol. The summed E-state index contributed by atoms with van der Waals surface area (Å²) in [7, 11) is 1.58. The molecule has 0 radical (unpaired) electrons. The Bertz CT molecular complexity index is 445. The lowest BCUT2D eigenvalue weighted by Gasteiger charge is -2.07. The van der Waals surface area contributed by atoms with Gasteiger partial charge in [-0.25, -0.2) is 10.2 Å². The van der Waals surface area contributed by atoms with Crippen molar-refractivity contribution in [1.82, 2.24) is 15.4 Å². The molecule has 0 fully saturated rings.